The van der Waals surface area contributed by atoms with Crippen LogP contribution in [0.3, 0.4) is 0 Å². The third-order valence-corrected chi connectivity index (χ3v) is 4.61. The predicted octanol–water partition coefficient (Wildman–Crippen LogP) is 3.27. The first-order chi connectivity index (χ1) is 8.51. The van der Waals surface area contributed by atoms with Crippen LogP contribution < -0.4 is 5.73 Å². The predicted molar refractivity (Wildman–Crippen MR) is 81.5 cm³/mol. The van der Waals surface area contributed by atoms with Gasteiger partial charge in [-0.1, -0.05) is 6.07 Å². The molecule has 0 fully saturated rings. The van der Waals surface area contributed by atoms with E-state index in [1.54, 1.807) is 23.9 Å². The summed E-state index contributed by atoms with van der Waals surface area (Å²) >= 11 is 4.97. The molecule has 1 rings (SSSR count). The first-order valence-corrected chi connectivity index (χ1v) is 8.05. The molecule has 1 aromatic carbocycles. The molecule has 0 heterocycles. The van der Waals surface area contributed by atoms with Crippen molar-refractivity contribution in [3.05, 3.63) is 34.1 Å². The first kappa shape index (κ1) is 16.0. The third-order valence-electron chi connectivity index (χ3n) is 3.15. The number of thioether (sulfide) groups is 1. The molecular weight excluding hydrogens is 315 g/mol. The lowest BCUT2D eigenvalue weighted by molar-refractivity contribution is 0.204. The summed E-state index contributed by atoms with van der Waals surface area (Å²) in [5, 5.41) is 0. The lowest BCUT2D eigenvalue weighted by atomic mass is 10.0. The Hall–Kier alpha value is -0.100. The summed E-state index contributed by atoms with van der Waals surface area (Å²) in [7, 11) is 2.04. The quantitative estimate of drug-likeness (QED) is 0.865. The molecule has 2 unspecified atom stereocenters. The van der Waals surface area contributed by atoms with E-state index in [-0.39, 0.29) is 11.9 Å². The van der Waals surface area contributed by atoms with E-state index in [1.165, 1.54) is 0 Å². The average molecular weight is 335 g/mol. The first-order valence-electron chi connectivity index (χ1n) is 5.87. The highest BCUT2D eigenvalue weighted by Crippen LogP contribution is 2.25. The van der Waals surface area contributed by atoms with Gasteiger partial charge in [-0.05, 0) is 53.9 Å². The molecule has 18 heavy (non-hydrogen) atoms. The molecule has 102 valence electrons. The van der Waals surface area contributed by atoms with E-state index in [0.717, 1.165) is 11.3 Å². The molecule has 1 aromatic rings. The molecule has 0 radical (unpaired) electrons. The van der Waals surface area contributed by atoms with E-state index < -0.39 is 0 Å². The summed E-state index contributed by atoms with van der Waals surface area (Å²) in [5.74, 6) is 0.795. The summed E-state index contributed by atoms with van der Waals surface area (Å²) in [6.45, 7) is 2.64. The molecule has 2 atom stereocenters. The smallest absolute Gasteiger partial charge is 0.137 e. The van der Waals surface area contributed by atoms with Crippen molar-refractivity contribution in [3.8, 4) is 0 Å². The molecule has 0 aliphatic rings. The van der Waals surface area contributed by atoms with Gasteiger partial charge in [-0.15, -0.1) is 0 Å². The van der Waals surface area contributed by atoms with Gasteiger partial charge in [0.05, 0.1) is 4.47 Å². The highest BCUT2D eigenvalue weighted by atomic mass is 79.9. The molecule has 0 saturated heterocycles. The maximum absolute atomic E-state index is 13.6. The van der Waals surface area contributed by atoms with Gasteiger partial charge in [-0.2, -0.15) is 11.8 Å². The minimum atomic E-state index is -0.239. The summed E-state index contributed by atoms with van der Waals surface area (Å²) in [6.07, 6.45) is 2.08. The molecule has 0 aliphatic carbocycles. The van der Waals surface area contributed by atoms with Gasteiger partial charge in [0.15, 0.2) is 0 Å². The topological polar surface area (TPSA) is 29.3 Å². The zero-order valence-corrected chi connectivity index (χ0v) is 13.4. The largest absolute Gasteiger partial charge is 0.329 e. The number of halogens is 2. The maximum Gasteiger partial charge on any atom is 0.137 e. The minimum absolute atomic E-state index is 0.0507. The molecule has 0 saturated carbocycles. The minimum Gasteiger partial charge on any atom is -0.329 e. The number of nitrogens with two attached hydrogens (primary N) is 1. The van der Waals surface area contributed by atoms with Crippen LogP contribution in [0.4, 0.5) is 4.39 Å². The second kappa shape index (κ2) is 7.48. The van der Waals surface area contributed by atoms with E-state index in [0.29, 0.717) is 17.1 Å². The van der Waals surface area contributed by atoms with Crippen LogP contribution in [0.25, 0.3) is 0 Å². The standard InChI is InChI=1S/C13H20BrFN2S/c1-9(8-18-3)17(2)13(7-16)10-4-5-11(14)12(15)6-10/h4-6,9,13H,7-8,16H2,1-3H3. The number of nitrogens with zero attached hydrogens (tertiary/aromatic N) is 1. The molecule has 0 aromatic heterocycles. The van der Waals surface area contributed by atoms with Gasteiger partial charge in [0, 0.05) is 24.4 Å². The summed E-state index contributed by atoms with van der Waals surface area (Å²) in [6, 6.07) is 5.67. The van der Waals surface area contributed by atoms with Crippen molar-refractivity contribution in [2.45, 2.75) is 19.0 Å². The zero-order chi connectivity index (χ0) is 13.7. The third kappa shape index (κ3) is 3.95. The van der Waals surface area contributed by atoms with Gasteiger partial charge in [-0.25, -0.2) is 4.39 Å². The van der Waals surface area contributed by atoms with Crippen molar-refractivity contribution in [2.75, 3.05) is 25.6 Å². The SMILES string of the molecule is CSCC(C)N(C)C(CN)c1ccc(Br)c(F)c1. The van der Waals surface area contributed by atoms with Crippen LogP contribution in [-0.2, 0) is 0 Å². The maximum atomic E-state index is 13.6. The van der Waals surface area contributed by atoms with Crippen molar-refractivity contribution in [1.29, 1.82) is 0 Å². The fourth-order valence-corrected chi connectivity index (χ4v) is 2.89. The molecule has 0 spiro atoms. The molecule has 2 N–H and O–H groups in total. The van der Waals surface area contributed by atoms with Crippen LogP contribution in [-0.4, -0.2) is 36.5 Å². The molecular formula is C13H20BrFN2S. The molecule has 0 aliphatic heterocycles. The Morgan fingerprint density at radius 1 is 1.50 bits per heavy atom. The van der Waals surface area contributed by atoms with Gasteiger partial charge in [0.2, 0.25) is 0 Å². The van der Waals surface area contributed by atoms with Crippen LogP contribution in [0.2, 0.25) is 0 Å². The van der Waals surface area contributed by atoms with Crippen molar-refractivity contribution in [3.63, 3.8) is 0 Å². The fourth-order valence-electron chi connectivity index (χ4n) is 1.92. The van der Waals surface area contributed by atoms with Crippen molar-refractivity contribution in [2.24, 2.45) is 5.73 Å². The van der Waals surface area contributed by atoms with Crippen molar-refractivity contribution >= 4 is 27.7 Å². The molecule has 2 nitrogen and oxygen atoms in total. The van der Waals surface area contributed by atoms with Gasteiger partial charge >= 0.3 is 0 Å². The highest BCUT2D eigenvalue weighted by molar-refractivity contribution is 9.10. The number of hydrogen-bond acceptors (Lipinski definition) is 3. The van der Waals surface area contributed by atoms with E-state index in [4.69, 9.17) is 5.73 Å². The number of benzene rings is 1. The van der Waals surface area contributed by atoms with E-state index in [9.17, 15) is 4.39 Å². The Bertz CT molecular complexity index is 389. The lowest BCUT2D eigenvalue weighted by Crippen LogP contribution is -2.38. The Balaban J connectivity index is 2.91. The molecule has 0 amide bonds. The van der Waals surface area contributed by atoms with Crippen LogP contribution in [0.1, 0.15) is 18.5 Å². The van der Waals surface area contributed by atoms with Gasteiger partial charge in [0.1, 0.15) is 5.82 Å². The van der Waals surface area contributed by atoms with E-state index in [2.05, 4.69) is 34.0 Å². The fraction of sp³-hybridized carbons (Fsp3) is 0.538. The van der Waals surface area contributed by atoms with Crippen LogP contribution in [0, 0.1) is 5.82 Å². The van der Waals surface area contributed by atoms with Crippen molar-refractivity contribution in [1.82, 2.24) is 4.90 Å². The zero-order valence-electron chi connectivity index (χ0n) is 11.0. The summed E-state index contributed by atoms with van der Waals surface area (Å²) < 4.78 is 14.1. The second-order valence-corrected chi connectivity index (χ2v) is 6.16. The van der Waals surface area contributed by atoms with Crippen LogP contribution in [0.5, 0.6) is 0 Å². The van der Waals surface area contributed by atoms with Crippen LogP contribution >= 0.6 is 27.7 Å². The number of likely N-dealkylation sites (N-methyl/N-ethyl adjacent to an activating group) is 1. The van der Waals surface area contributed by atoms with E-state index in [1.807, 2.05) is 13.1 Å². The van der Waals surface area contributed by atoms with Gasteiger partial charge in [-0.3, -0.25) is 4.90 Å². The normalized spacial score (nSPS) is 14.8. The Labute approximate surface area is 121 Å². The highest BCUT2D eigenvalue weighted by Gasteiger charge is 2.20. The number of rotatable bonds is 6. The average Bonchev–Trinajstić information content (AvgIpc) is 2.34. The van der Waals surface area contributed by atoms with E-state index >= 15 is 0 Å². The monoisotopic (exact) mass is 334 g/mol. The number of hydrogen-bond donors (Lipinski definition) is 1. The Morgan fingerprint density at radius 2 is 2.17 bits per heavy atom. The van der Waals surface area contributed by atoms with Gasteiger partial charge in [0.25, 0.3) is 0 Å². The molecule has 5 heteroatoms. The van der Waals surface area contributed by atoms with Crippen LogP contribution in [0.15, 0.2) is 22.7 Å². The summed E-state index contributed by atoms with van der Waals surface area (Å²) in [5.41, 5.74) is 6.77. The summed E-state index contributed by atoms with van der Waals surface area (Å²) in [4.78, 5) is 2.21. The Kier molecular flexibility index (Phi) is 6.63. The lowest BCUT2D eigenvalue weighted by Gasteiger charge is -2.32. The Morgan fingerprint density at radius 3 is 2.67 bits per heavy atom. The van der Waals surface area contributed by atoms with Crippen molar-refractivity contribution < 1.29 is 4.39 Å². The molecule has 0 bridgehead atoms. The van der Waals surface area contributed by atoms with Gasteiger partial charge < -0.3 is 5.73 Å². The second-order valence-electron chi connectivity index (χ2n) is 4.39.